The third-order valence-electron chi connectivity index (χ3n) is 5.12. The van der Waals surface area contributed by atoms with Crippen LogP contribution in [-0.4, -0.2) is 20.0 Å². The lowest BCUT2D eigenvalue weighted by molar-refractivity contribution is 0.401. The van der Waals surface area contributed by atoms with Crippen LogP contribution in [-0.2, 0) is 19.5 Å². The standard InChI is InChI=1S/C25H24N4OS/c1-2-18-12-14-20(15-13-18)26-25(31)29(16-19-8-4-3-5-9-19)17-23-27-22-11-7-6-10-21(22)24(30)28-23/h3-15H,2,16-17H2,1H3,(H,26,31)(H,27,28,30). The molecule has 3 aromatic carbocycles. The van der Waals surface area contributed by atoms with E-state index < -0.39 is 0 Å². The van der Waals surface area contributed by atoms with Gasteiger partial charge in [-0.1, -0.05) is 61.5 Å². The van der Waals surface area contributed by atoms with E-state index in [2.05, 4.69) is 46.5 Å². The Morgan fingerprint density at radius 2 is 1.65 bits per heavy atom. The maximum atomic E-state index is 12.5. The number of hydrogen-bond donors (Lipinski definition) is 2. The molecule has 2 N–H and O–H groups in total. The van der Waals surface area contributed by atoms with E-state index in [0.717, 1.165) is 17.7 Å². The van der Waals surface area contributed by atoms with E-state index in [9.17, 15) is 4.79 Å². The van der Waals surface area contributed by atoms with Gasteiger partial charge in [-0.2, -0.15) is 0 Å². The van der Waals surface area contributed by atoms with E-state index in [1.807, 2.05) is 53.4 Å². The second-order valence-corrected chi connectivity index (χ2v) is 7.74. The lowest BCUT2D eigenvalue weighted by atomic mass is 10.1. The van der Waals surface area contributed by atoms with Crippen LogP contribution in [0.25, 0.3) is 10.9 Å². The molecule has 0 aliphatic rings. The predicted octanol–water partition coefficient (Wildman–Crippen LogP) is 4.88. The summed E-state index contributed by atoms with van der Waals surface area (Å²) >= 11 is 5.74. The molecule has 5 nitrogen and oxygen atoms in total. The van der Waals surface area contributed by atoms with E-state index in [0.29, 0.717) is 34.9 Å². The molecule has 0 bridgehead atoms. The lowest BCUT2D eigenvalue weighted by Gasteiger charge is -2.26. The Hall–Kier alpha value is -3.51. The van der Waals surface area contributed by atoms with Crippen molar-refractivity contribution in [1.29, 1.82) is 0 Å². The zero-order chi connectivity index (χ0) is 21.6. The topological polar surface area (TPSA) is 61.0 Å². The maximum Gasteiger partial charge on any atom is 0.258 e. The summed E-state index contributed by atoms with van der Waals surface area (Å²) < 4.78 is 0. The van der Waals surface area contributed by atoms with Gasteiger partial charge >= 0.3 is 0 Å². The highest BCUT2D eigenvalue weighted by molar-refractivity contribution is 7.80. The molecule has 1 heterocycles. The fraction of sp³-hybridized carbons (Fsp3) is 0.160. The molecule has 0 spiro atoms. The quantitative estimate of drug-likeness (QED) is 0.429. The highest BCUT2D eigenvalue weighted by Crippen LogP contribution is 2.15. The summed E-state index contributed by atoms with van der Waals surface area (Å²) in [6.07, 6.45) is 0.992. The molecule has 0 saturated heterocycles. The third kappa shape index (κ3) is 5.16. The molecule has 1 aromatic heterocycles. The average molecular weight is 429 g/mol. The van der Waals surface area contributed by atoms with E-state index in [1.165, 1.54) is 5.56 Å². The van der Waals surface area contributed by atoms with Crippen molar-refractivity contribution in [3.63, 3.8) is 0 Å². The molecule has 0 unspecified atom stereocenters. The van der Waals surface area contributed by atoms with Crippen LogP contribution in [0.1, 0.15) is 23.9 Å². The van der Waals surface area contributed by atoms with E-state index in [1.54, 1.807) is 6.07 Å². The van der Waals surface area contributed by atoms with Gasteiger partial charge in [-0.3, -0.25) is 4.79 Å². The fourth-order valence-electron chi connectivity index (χ4n) is 3.42. The summed E-state index contributed by atoms with van der Waals surface area (Å²) in [6.45, 7) is 3.11. The molecule has 31 heavy (non-hydrogen) atoms. The Morgan fingerprint density at radius 3 is 2.39 bits per heavy atom. The van der Waals surface area contributed by atoms with Crippen LogP contribution in [0, 0.1) is 0 Å². The van der Waals surface area contributed by atoms with Crippen molar-refractivity contribution >= 4 is 33.9 Å². The number of fused-ring (bicyclic) bond motifs is 1. The highest BCUT2D eigenvalue weighted by Gasteiger charge is 2.14. The van der Waals surface area contributed by atoms with Crippen molar-refractivity contribution in [2.45, 2.75) is 26.4 Å². The van der Waals surface area contributed by atoms with Gasteiger partial charge in [-0.25, -0.2) is 4.98 Å². The number of anilines is 1. The SMILES string of the molecule is CCc1ccc(NC(=S)N(Cc2ccccc2)Cc2nc3ccccc3c(=O)[nH]2)cc1. The summed E-state index contributed by atoms with van der Waals surface area (Å²) in [5, 5.41) is 4.48. The number of aromatic amines is 1. The number of H-pyrrole nitrogens is 1. The van der Waals surface area contributed by atoms with Gasteiger partial charge in [0.1, 0.15) is 5.82 Å². The molecule has 156 valence electrons. The molecule has 0 aliphatic heterocycles. The van der Waals surface area contributed by atoms with Crippen molar-refractivity contribution in [2.24, 2.45) is 0 Å². The Morgan fingerprint density at radius 1 is 0.935 bits per heavy atom. The molecule has 6 heteroatoms. The van der Waals surface area contributed by atoms with Crippen LogP contribution >= 0.6 is 12.2 Å². The number of rotatable bonds is 6. The first-order valence-electron chi connectivity index (χ1n) is 10.3. The Labute approximate surface area is 186 Å². The van der Waals surface area contributed by atoms with Gasteiger partial charge in [0, 0.05) is 12.2 Å². The molecule has 0 aliphatic carbocycles. The summed E-state index contributed by atoms with van der Waals surface area (Å²) in [4.78, 5) is 22.1. The van der Waals surface area contributed by atoms with Crippen LogP contribution in [0.3, 0.4) is 0 Å². The van der Waals surface area contributed by atoms with Gasteiger partial charge in [-0.15, -0.1) is 0 Å². The monoisotopic (exact) mass is 428 g/mol. The summed E-state index contributed by atoms with van der Waals surface area (Å²) in [5.74, 6) is 0.574. The highest BCUT2D eigenvalue weighted by atomic mass is 32.1. The van der Waals surface area contributed by atoms with Crippen LogP contribution in [0.15, 0.2) is 83.7 Å². The van der Waals surface area contributed by atoms with Crippen molar-refractivity contribution in [3.8, 4) is 0 Å². The van der Waals surface area contributed by atoms with Gasteiger partial charge in [-0.05, 0) is 54.0 Å². The van der Waals surface area contributed by atoms with Crippen LogP contribution in [0.2, 0.25) is 0 Å². The third-order valence-corrected chi connectivity index (χ3v) is 5.48. The smallest absolute Gasteiger partial charge is 0.258 e. The number of benzene rings is 3. The molecule has 0 atom stereocenters. The molecule has 4 aromatic rings. The van der Waals surface area contributed by atoms with Crippen molar-refractivity contribution in [3.05, 3.63) is 106 Å². The molecule has 0 fully saturated rings. The van der Waals surface area contributed by atoms with Gasteiger partial charge in [0.15, 0.2) is 5.11 Å². The van der Waals surface area contributed by atoms with Crippen LogP contribution in [0.5, 0.6) is 0 Å². The minimum Gasteiger partial charge on any atom is -0.337 e. The molecule has 4 rings (SSSR count). The summed E-state index contributed by atoms with van der Waals surface area (Å²) in [7, 11) is 0. The normalized spacial score (nSPS) is 10.7. The Balaban J connectivity index is 1.60. The van der Waals surface area contributed by atoms with Gasteiger partial charge in [0.25, 0.3) is 5.56 Å². The van der Waals surface area contributed by atoms with Crippen LogP contribution < -0.4 is 10.9 Å². The number of nitrogens with one attached hydrogen (secondary N) is 2. The molecular weight excluding hydrogens is 404 g/mol. The summed E-state index contributed by atoms with van der Waals surface area (Å²) in [6, 6.07) is 25.7. The maximum absolute atomic E-state index is 12.5. The number of aromatic nitrogens is 2. The average Bonchev–Trinajstić information content (AvgIpc) is 2.80. The van der Waals surface area contributed by atoms with Crippen molar-refractivity contribution in [1.82, 2.24) is 14.9 Å². The second kappa shape index (κ2) is 9.53. The molecule has 0 saturated carbocycles. The van der Waals surface area contributed by atoms with Crippen molar-refractivity contribution < 1.29 is 0 Å². The first kappa shape index (κ1) is 20.8. The second-order valence-electron chi connectivity index (χ2n) is 7.35. The fourth-order valence-corrected chi connectivity index (χ4v) is 3.67. The number of nitrogens with zero attached hydrogens (tertiary/aromatic N) is 2. The first-order chi connectivity index (χ1) is 15.1. The van der Waals surface area contributed by atoms with E-state index in [-0.39, 0.29) is 5.56 Å². The minimum atomic E-state index is -0.144. The number of thiocarbonyl (C=S) groups is 1. The Bertz CT molecular complexity index is 1240. The summed E-state index contributed by atoms with van der Waals surface area (Å²) in [5.41, 5.74) is 3.86. The Kier molecular flexibility index (Phi) is 6.38. The van der Waals surface area contributed by atoms with E-state index >= 15 is 0 Å². The predicted molar refractivity (Wildman–Crippen MR) is 130 cm³/mol. The minimum absolute atomic E-state index is 0.144. The number of hydrogen-bond acceptors (Lipinski definition) is 3. The van der Waals surface area contributed by atoms with Gasteiger partial charge in [0.05, 0.1) is 17.4 Å². The lowest BCUT2D eigenvalue weighted by Crippen LogP contribution is -2.35. The number of para-hydroxylation sites is 1. The molecular formula is C25H24N4OS. The van der Waals surface area contributed by atoms with Crippen molar-refractivity contribution in [2.75, 3.05) is 5.32 Å². The zero-order valence-electron chi connectivity index (χ0n) is 17.3. The van der Waals surface area contributed by atoms with Gasteiger partial charge < -0.3 is 15.2 Å². The molecule has 0 radical (unpaired) electrons. The number of aryl methyl sites for hydroxylation is 1. The van der Waals surface area contributed by atoms with E-state index in [4.69, 9.17) is 12.2 Å². The first-order valence-corrected chi connectivity index (χ1v) is 10.7. The largest absolute Gasteiger partial charge is 0.337 e. The molecule has 0 amide bonds. The van der Waals surface area contributed by atoms with Gasteiger partial charge in [0.2, 0.25) is 0 Å². The zero-order valence-corrected chi connectivity index (χ0v) is 18.2. The van der Waals surface area contributed by atoms with Crippen LogP contribution in [0.4, 0.5) is 5.69 Å².